The Balaban J connectivity index is 0.000000117. The monoisotopic (exact) mass is 293 g/mol. The molecule has 2 aliphatic heterocycles. The van der Waals surface area contributed by atoms with Gasteiger partial charge in [0.05, 0.1) is 13.2 Å². The number of hydrogen-bond acceptors (Lipinski definition) is 3. The fraction of sp³-hybridized carbons (Fsp3) is 0.778. The van der Waals surface area contributed by atoms with Crippen molar-refractivity contribution in [1.82, 2.24) is 5.32 Å². The number of hydrogen-bond donors (Lipinski definition) is 1. The van der Waals surface area contributed by atoms with Crippen molar-refractivity contribution in [2.45, 2.75) is 51.4 Å². The molecule has 4 aliphatic rings. The Labute approximate surface area is 129 Å². The highest BCUT2D eigenvalue weighted by atomic mass is 16.5. The molecule has 0 bridgehead atoms. The zero-order chi connectivity index (χ0) is 14.6. The lowest BCUT2D eigenvalue weighted by Gasteiger charge is -2.21. The first-order valence-electron chi connectivity index (χ1n) is 8.73. The zero-order valence-corrected chi connectivity index (χ0v) is 13.4. The van der Waals surface area contributed by atoms with Crippen LogP contribution in [0.25, 0.3) is 0 Å². The fourth-order valence-electron chi connectivity index (χ4n) is 2.82. The first-order valence-corrected chi connectivity index (χ1v) is 8.73. The smallest absolute Gasteiger partial charge is 0.0591 e. The molecule has 0 aromatic carbocycles. The molecule has 3 nitrogen and oxygen atoms in total. The summed E-state index contributed by atoms with van der Waals surface area (Å²) in [6.07, 6.45) is 15.4. The van der Waals surface area contributed by atoms with Gasteiger partial charge in [0.2, 0.25) is 0 Å². The first-order chi connectivity index (χ1) is 10.5. The Kier molecular flexibility index (Phi) is 8.76. The van der Waals surface area contributed by atoms with Crippen molar-refractivity contribution in [2.75, 3.05) is 39.5 Å². The normalized spacial score (nSPS) is 24.4. The highest BCUT2D eigenvalue weighted by Gasteiger charge is 2.12. The topological polar surface area (TPSA) is 30.5 Å². The molecule has 0 aromatic rings. The van der Waals surface area contributed by atoms with E-state index in [0.717, 1.165) is 39.5 Å². The van der Waals surface area contributed by atoms with Crippen LogP contribution in [-0.4, -0.2) is 39.5 Å². The van der Waals surface area contributed by atoms with Crippen LogP contribution >= 0.6 is 0 Å². The average Bonchev–Trinajstić information content (AvgIpc) is 2.84. The number of nitrogens with one attached hydrogen (secondary N) is 1. The summed E-state index contributed by atoms with van der Waals surface area (Å²) in [6, 6.07) is 0. The maximum Gasteiger partial charge on any atom is 0.0591 e. The summed E-state index contributed by atoms with van der Waals surface area (Å²) in [7, 11) is 0. The first kappa shape index (κ1) is 16.7. The van der Waals surface area contributed by atoms with Gasteiger partial charge >= 0.3 is 0 Å². The molecular weight excluding hydrogens is 262 g/mol. The van der Waals surface area contributed by atoms with Gasteiger partial charge in [-0.3, -0.25) is 0 Å². The van der Waals surface area contributed by atoms with Gasteiger partial charge in [0.1, 0.15) is 0 Å². The molecule has 0 aromatic heterocycles. The quantitative estimate of drug-likeness (QED) is 0.740. The standard InChI is InChI=1S/C8H10.C6H12O.C4H9NO/c1-2-4-8-6-5-7(8)3-1;1-2-4-6-7-5-3-1;1-3-6-4-2-5-1/h5-6H,1-4H2;1-6H2;5H,1-4H2. The third-order valence-electron chi connectivity index (χ3n) is 4.21. The minimum absolute atomic E-state index is 0.889. The molecule has 1 N–H and O–H groups in total. The molecule has 2 heterocycles. The van der Waals surface area contributed by atoms with Gasteiger partial charge in [0, 0.05) is 26.3 Å². The summed E-state index contributed by atoms with van der Waals surface area (Å²) in [5, 5.41) is 3.16. The maximum atomic E-state index is 5.19. The third kappa shape index (κ3) is 7.25. The molecule has 0 spiro atoms. The molecule has 2 fully saturated rings. The fourth-order valence-corrected chi connectivity index (χ4v) is 2.82. The van der Waals surface area contributed by atoms with Crippen molar-refractivity contribution in [3.63, 3.8) is 0 Å². The molecule has 0 unspecified atom stereocenters. The lowest BCUT2D eigenvalue weighted by atomic mass is 9.85. The van der Waals surface area contributed by atoms with Crippen LogP contribution in [0.15, 0.2) is 23.3 Å². The second-order valence-corrected chi connectivity index (χ2v) is 5.98. The van der Waals surface area contributed by atoms with E-state index in [1.807, 2.05) is 0 Å². The van der Waals surface area contributed by atoms with E-state index >= 15 is 0 Å². The highest BCUT2D eigenvalue weighted by Crippen LogP contribution is 2.32. The largest absolute Gasteiger partial charge is 0.381 e. The molecule has 4 rings (SSSR count). The van der Waals surface area contributed by atoms with Crippen LogP contribution in [-0.2, 0) is 9.47 Å². The van der Waals surface area contributed by atoms with E-state index in [9.17, 15) is 0 Å². The van der Waals surface area contributed by atoms with Gasteiger partial charge in [-0.25, -0.2) is 0 Å². The van der Waals surface area contributed by atoms with E-state index < -0.39 is 0 Å². The van der Waals surface area contributed by atoms with Crippen molar-refractivity contribution in [1.29, 1.82) is 0 Å². The van der Waals surface area contributed by atoms with E-state index in [0.29, 0.717) is 0 Å². The molecule has 0 radical (unpaired) electrons. The van der Waals surface area contributed by atoms with Gasteiger partial charge < -0.3 is 14.8 Å². The molecule has 0 amide bonds. The maximum absolute atomic E-state index is 5.19. The van der Waals surface area contributed by atoms with Gasteiger partial charge in [-0.2, -0.15) is 0 Å². The van der Waals surface area contributed by atoms with Crippen LogP contribution in [0.3, 0.4) is 0 Å². The van der Waals surface area contributed by atoms with Crippen LogP contribution in [0.5, 0.6) is 0 Å². The molecule has 0 saturated carbocycles. The van der Waals surface area contributed by atoms with Crippen molar-refractivity contribution in [2.24, 2.45) is 0 Å². The van der Waals surface area contributed by atoms with Crippen molar-refractivity contribution in [3.8, 4) is 0 Å². The Morgan fingerprint density at radius 2 is 1.14 bits per heavy atom. The van der Waals surface area contributed by atoms with Crippen molar-refractivity contribution >= 4 is 0 Å². The molecule has 2 aliphatic carbocycles. The van der Waals surface area contributed by atoms with Crippen LogP contribution in [0.1, 0.15) is 51.4 Å². The molecular formula is C18H31NO2. The summed E-state index contributed by atoms with van der Waals surface area (Å²) in [5.41, 5.74) is 3.27. The summed E-state index contributed by atoms with van der Waals surface area (Å²) in [5.74, 6) is 0. The van der Waals surface area contributed by atoms with E-state index in [4.69, 9.17) is 9.47 Å². The van der Waals surface area contributed by atoms with Crippen LogP contribution in [0.2, 0.25) is 0 Å². The zero-order valence-electron chi connectivity index (χ0n) is 13.4. The lowest BCUT2D eigenvalue weighted by Crippen LogP contribution is -2.30. The predicted octanol–water partition coefficient (Wildman–Crippen LogP) is 3.61. The molecule has 2 saturated heterocycles. The molecule has 3 heteroatoms. The minimum Gasteiger partial charge on any atom is -0.381 e. The number of allylic oxidation sites excluding steroid dienone is 4. The minimum atomic E-state index is 0.889. The number of ether oxygens (including phenoxy) is 2. The van der Waals surface area contributed by atoms with Crippen LogP contribution in [0.4, 0.5) is 0 Å². The second-order valence-electron chi connectivity index (χ2n) is 5.98. The van der Waals surface area contributed by atoms with Crippen LogP contribution < -0.4 is 5.32 Å². The Morgan fingerprint density at radius 1 is 0.619 bits per heavy atom. The number of rotatable bonds is 0. The van der Waals surface area contributed by atoms with Gasteiger partial charge in [-0.05, 0) is 49.7 Å². The van der Waals surface area contributed by atoms with Crippen molar-refractivity contribution in [3.05, 3.63) is 23.3 Å². The second kappa shape index (κ2) is 11.0. The SMILES string of the molecule is C1=CC2=C1CCCC2.C1CCCOCC1.C1COCCN1. The van der Waals surface area contributed by atoms with E-state index in [2.05, 4.69) is 17.5 Å². The molecule has 120 valence electrons. The Bertz CT molecular complexity index is 283. The molecule has 21 heavy (non-hydrogen) atoms. The number of morpholine rings is 1. The summed E-state index contributed by atoms with van der Waals surface area (Å²) < 4.78 is 10.2. The van der Waals surface area contributed by atoms with Crippen LogP contribution in [0, 0.1) is 0 Å². The van der Waals surface area contributed by atoms with Crippen molar-refractivity contribution < 1.29 is 9.47 Å². The Hall–Kier alpha value is -0.640. The van der Waals surface area contributed by atoms with E-state index in [1.165, 1.54) is 51.4 Å². The third-order valence-corrected chi connectivity index (χ3v) is 4.21. The summed E-state index contributed by atoms with van der Waals surface area (Å²) in [4.78, 5) is 0. The Morgan fingerprint density at radius 3 is 1.48 bits per heavy atom. The predicted molar refractivity (Wildman–Crippen MR) is 87.6 cm³/mol. The van der Waals surface area contributed by atoms with Gasteiger partial charge in [-0.15, -0.1) is 0 Å². The summed E-state index contributed by atoms with van der Waals surface area (Å²) in [6.45, 7) is 5.83. The summed E-state index contributed by atoms with van der Waals surface area (Å²) >= 11 is 0. The highest BCUT2D eigenvalue weighted by molar-refractivity contribution is 5.45. The molecule has 0 atom stereocenters. The van der Waals surface area contributed by atoms with Gasteiger partial charge in [0.15, 0.2) is 0 Å². The lowest BCUT2D eigenvalue weighted by molar-refractivity contribution is 0.109. The van der Waals surface area contributed by atoms with Gasteiger partial charge in [-0.1, -0.05) is 25.0 Å². The average molecular weight is 293 g/mol. The van der Waals surface area contributed by atoms with E-state index in [1.54, 1.807) is 11.1 Å². The van der Waals surface area contributed by atoms with Gasteiger partial charge in [0.25, 0.3) is 0 Å². The van der Waals surface area contributed by atoms with E-state index in [-0.39, 0.29) is 0 Å².